The molecule has 0 unspecified atom stereocenters. The van der Waals surface area contributed by atoms with Crippen molar-refractivity contribution < 1.29 is 0 Å². The summed E-state index contributed by atoms with van der Waals surface area (Å²) in [6.07, 6.45) is 4.55. The largest absolute Gasteiger partial charge is 0.300 e. The SMILES string of the molecule is CCc1ccccc1CSc1nnc2c(=O)n(-c3cccc(Cl)c3C)ccn12. The summed E-state index contributed by atoms with van der Waals surface area (Å²) >= 11 is 7.79. The van der Waals surface area contributed by atoms with Gasteiger partial charge in [-0.25, -0.2) is 0 Å². The van der Waals surface area contributed by atoms with Crippen LogP contribution in [0.25, 0.3) is 11.3 Å². The Morgan fingerprint density at radius 3 is 2.61 bits per heavy atom. The molecule has 2 aromatic heterocycles. The average molecular weight is 411 g/mol. The molecule has 0 saturated heterocycles. The first kappa shape index (κ1) is 18.8. The number of hydrogen-bond acceptors (Lipinski definition) is 4. The van der Waals surface area contributed by atoms with Crippen LogP contribution in [-0.2, 0) is 12.2 Å². The molecule has 7 heteroatoms. The predicted molar refractivity (Wildman–Crippen MR) is 114 cm³/mol. The number of halogens is 1. The fourth-order valence-corrected chi connectivity index (χ4v) is 4.32. The molecule has 0 atom stereocenters. The Kier molecular flexibility index (Phi) is 5.24. The summed E-state index contributed by atoms with van der Waals surface area (Å²) in [6.45, 7) is 4.04. The van der Waals surface area contributed by atoms with E-state index >= 15 is 0 Å². The van der Waals surface area contributed by atoms with Crippen molar-refractivity contribution in [1.29, 1.82) is 0 Å². The first-order valence-electron chi connectivity index (χ1n) is 9.01. The Hall–Kier alpha value is -2.57. The summed E-state index contributed by atoms with van der Waals surface area (Å²) < 4.78 is 3.31. The summed E-state index contributed by atoms with van der Waals surface area (Å²) in [5.74, 6) is 0.779. The molecule has 0 fully saturated rings. The molecule has 0 aliphatic rings. The van der Waals surface area contributed by atoms with Gasteiger partial charge in [-0.1, -0.05) is 60.6 Å². The van der Waals surface area contributed by atoms with Crippen LogP contribution in [0.3, 0.4) is 0 Å². The first-order chi connectivity index (χ1) is 13.6. The monoisotopic (exact) mass is 410 g/mol. The number of thioether (sulfide) groups is 1. The van der Waals surface area contributed by atoms with E-state index in [2.05, 4.69) is 35.3 Å². The molecule has 2 heterocycles. The molecule has 0 N–H and O–H groups in total. The molecule has 0 aliphatic heterocycles. The van der Waals surface area contributed by atoms with Crippen molar-refractivity contribution in [2.75, 3.05) is 0 Å². The van der Waals surface area contributed by atoms with Crippen molar-refractivity contribution >= 4 is 29.0 Å². The fourth-order valence-electron chi connectivity index (χ4n) is 3.20. The minimum absolute atomic E-state index is 0.221. The lowest BCUT2D eigenvalue weighted by Crippen LogP contribution is -2.21. The van der Waals surface area contributed by atoms with E-state index in [9.17, 15) is 4.79 Å². The summed E-state index contributed by atoms with van der Waals surface area (Å²) in [4.78, 5) is 13.0. The van der Waals surface area contributed by atoms with Gasteiger partial charge in [0.1, 0.15) is 0 Å². The second-order valence-corrected chi connectivity index (χ2v) is 7.79. The van der Waals surface area contributed by atoms with Gasteiger partial charge in [0.25, 0.3) is 0 Å². The molecule has 0 bridgehead atoms. The lowest BCUT2D eigenvalue weighted by molar-refractivity contribution is 0.890. The third-order valence-electron chi connectivity index (χ3n) is 4.79. The molecule has 0 amide bonds. The normalized spacial score (nSPS) is 11.2. The van der Waals surface area contributed by atoms with Gasteiger partial charge in [0.15, 0.2) is 5.16 Å². The van der Waals surface area contributed by atoms with Crippen LogP contribution in [-0.4, -0.2) is 19.2 Å². The van der Waals surface area contributed by atoms with E-state index in [1.54, 1.807) is 26.9 Å². The summed E-state index contributed by atoms with van der Waals surface area (Å²) in [5.41, 5.74) is 4.27. The van der Waals surface area contributed by atoms with Gasteiger partial charge in [-0.15, -0.1) is 10.2 Å². The zero-order chi connectivity index (χ0) is 19.7. The maximum Gasteiger partial charge on any atom is 0.300 e. The molecule has 5 nitrogen and oxygen atoms in total. The topological polar surface area (TPSA) is 52.2 Å². The van der Waals surface area contributed by atoms with Crippen LogP contribution in [0.2, 0.25) is 5.02 Å². The summed E-state index contributed by atoms with van der Waals surface area (Å²) in [6, 6.07) is 13.9. The molecular formula is C21H19ClN4OS. The van der Waals surface area contributed by atoms with Gasteiger partial charge >= 0.3 is 5.56 Å². The Balaban J connectivity index is 1.69. The molecule has 4 aromatic rings. The first-order valence-corrected chi connectivity index (χ1v) is 10.4. The van der Waals surface area contributed by atoms with Crippen LogP contribution in [0.5, 0.6) is 0 Å². The highest BCUT2D eigenvalue weighted by Crippen LogP contribution is 2.24. The molecule has 2 aromatic carbocycles. The van der Waals surface area contributed by atoms with Crippen LogP contribution in [0, 0.1) is 6.92 Å². The number of hydrogen-bond donors (Lipinski definition) is 0. The summed E-state index contributed by atoms with van der Waals surface area (Å²) in [7, 11) is 0. The highest BCUT2D eigenvalue weighted by molar-refractivity contribution is 7.98. The van der Waals surface area contributed by atoms with E-state index in [1.165, 1.54) is 11.1 Å². The van der Waals surface area contributed by atoms with Crippen molar-refractivity contribution in [3.8, 4) is 5.69 Å². The van der Waals surface area contributed by atoms with Crippen molar-refractivity contribution in [3.63, 3.8) is 0 Å². The van der Waals surface area contributed by atoms with Gasteiger partial charge in [0.05, 0.1) is 5.69 Å². The molecule has 0 saturated carbocycles. The number of aryl methyl sites for hydroxylation is 1. The highest BCUT2D eigenvalue weighted by Gasteiger charge is 2.14. The maximum absolute atomic E-state index is 13.0. The number of nitrogens with zero attached hydrogens (tertiary/aromatic N) is 4. The Labute approximate surface area is 172 Å². The van der Waals surface area contributed by atoms with Crippen LogP contribution >= 0.6 is 23.4 Å². The van der Waals surface area contributed by atoms with Crippen molar-refractivity contribution in [1.82, 2.24) is 19.2 Å². The molecule has 0 aliphatic carbocycles. The molecule has 0 spiro atoms. The van der Waals surface area contributed by atoms with Gasteiger partial charge < -0.3 is 0 Å². The zero-order valence-electron chi connectivity index (χ0n) is 15.6. The lowest BCUT2D eigenvalue weighted by atomic mass is 10.1. The Morgan fingerprint density at radius 2 is 1.82 bits per heavy atom. The third kappa shape index (κ3) is 3.34. The van der Waals surface area contributed by atoms with Crippen LogP contribution in [0.4, 0.5) is 0 Å². The molecular weight excluding hydrogens is 392 g/mol. The second kappa shape index (κ2) is 7.81. The van der Waals surface area contributed by atoms with Crippen molar-refractivity contribution in [2.24, 2.45) is 0 Å². The van der Waals surface area contributed by atoms with Crippen molar-refractivity contribution in [3.05, 3.63) is 86.9 Å². The van der Waals surface area contributed by atoms with E-state index in [4.69, 9.17) is 11.6 Å². The van der Waals surface area contributed by atoms with E-state index in [0.29, 0.717) is 15.8 Å². The van der Waals surface area contributed by atoms with Gasteiger partial charge in [-0.3, -0.25) is 13.8 Å². The van der Waals surface area contributed by atoms with Crippen LogP contribution in [0.15, 0.2) is 64.8 Å². The van der Waals surface area contributed by atoms with Gasteiger partial charge in [0.2, 0.25) is 5.65 Å². The lowest BCUT2D eigenvalue weighted by Gasteiger charge is -2.10. The summed E-state index contributed by atoms with van der Waals surface area (Å²) in [5, 5.41) is 9.70. The Morgan fingerprint density at radius 1 is 1.04 bits per heavy atom. The fraction of sp³-hybridized carbons (Fsp3) is 0.190. The van der Waals surface area contributed by atoms with E-state index in [1.807, 2.05) is 37.4 Å². The van der Waals surface area contributed by atoms with E-state index in [-0.39, 0.29) is 5.56 Å². The Bertz CT molecular complexity index is 1210. The molecule has 0 radical (unpaired) electrons. The number of benzene rings is 2. The average Bonchev–Trinajstić information content (AvgIpc) is 3.13. The van der Waals surface area contributed by atoms with Crippen molar-refractivity contribution in [2.45, 2.75) is 31.2 Å². The standard InChI is InChI=1S/C21H19ClN4OS/c1-3-15-7-4-5-8-16(15)13-28-21-24-23-19-20(27)25(11-12-26(19)21)18-10-6-9-17(22)14(18)2/h4-12H,3,13H2,1-2H3. The van der Waals surface area contributed by atoms with Gasteiger partial charge in [0, 0.05) is 23.2 Å². The van der Waals surface area contributed by atoms with E-state index < -0.39 is 0 Å². The molecule has 28 heavy (non-hydrogen) atoms. The van der Waals surface area contributed by atoms with E-state index in [0.717, 1.165) is 23.4 Å². The highest BCUT2D eigenvalue weighted by atomic mass is 35.5. The minimum Gasteiger partial charge on any atom is -0.279 e. The van der Waals surface area contributed by atoms with Gasteiger partial charge in [-0.05, 0) is 42.2 Å². The smallest absolute Gasteiger partial charge is 0.279 e. The second-order valence-electron chi connectivity index (χ2n) is 6.44. The molecule has 4 rings (SSSR count). The van der Waals surface area contributed by atoms with Gasteiger partial charge in [-0.2, -0.15) is 0 Å². The maximum atomic E-state index is 13.0. The number of rotatable bonds is 5. The third-order valence-corrected chi connectivity index (χ3v) is 6.20. The predicted octanol–water partition coefficient (Wildman–Crippen LogP) is 4.70. The quantitative estimate of drug-likeness (QED) is 0.447. The zero-order valence-corrected chi connectivity index (χ0v) is 17.2. The number of fused-ring (bicyclic) bond motifs is 1. The number of aromatic nitrogens is 4. The molecule has 142 valence electrons. The van der Waals surface area contributed by atoms with Crippen LogP contribution < -0.4 is 5.56 Å². The van der Waals surface area contributed by atoms with Crippen LogP contribution in [0.1, 0.15) is 23.6 Å². The minimum atomic E-state index is -0.221.